The number of nitro benzene ring substituents is 1. The van der Waals surface area contributed by atoms with Gasteiger partial charge in [0.1, 0.15) is 5.75 Å². The third kappa shape index (κ3) is 6.81. The van der Waals surface area contributed by atoms with Crippen molar-refractivity contribution in [2.45, 2.75) is 20.3 Å². The molecule has 2 aromatic carbocycles. The third-order valence-corrected chi connectivity index (χ3v) is 4.18. The van der Waals surface area contributed by atoms with E-state index in [1.165, 1.54) is 12.1 Å². The van der Waals surface area contributed by atoms with Gasteiger partial charge in [-0.3, -0.25) is 30.6 Å². The van der Waals surface area contributed by atoms with Gasteiger partial charge in [0.05, 0.1) is 24.2 Å². The van der Waals surface area contributed by atoms with Crippen molar-refractivity contribution >= 4 is 23.5 Å². The molecule has 0 bridgehead atoms. The molecule has 0 aliphatic heterocycles. The van der Waals surface area contributed by atoms with Gasteiger partial charge in [0.25, 0.3) is 17.5 Å². The van der Waals surface area contributed by atoms with Crippen molar-refractivity contribution in [2.24, 2.45) is 5.92 Å². The Bertz CT molecular complexity index is 971. The highest BCUT2D eigenvalue weighted by molar-refractivity contribution is 6.01. The van der Waals surface area contributed by atoms with Crippen molar-refractivity contribution in [2.75, 3.05) is 13.7 Å². The molecule has 10 nitrogen and oxygen atoms in total. The van der Waals surface area contributed by atoms with Gasteiger partial charge in [-0.15, -0.1) is 0 Å². The van der Waals surface area contributed by atoms with Crippen molar-refractivity contribution in [3.8, 4) is 5.75 Å². The molecular formula is C21H23N3O7. The van der Waals surface area contributed by atoms with E-state index < -0.39 is 28.4 Å². The minimum Gasteiger partial charge on any atom is -0.494 e. The number of hydrogen-bond acceptors (Lipinski definition) is 7. The lowest BCUT2D eigenvalue weighted by molar-refractivity contribution is -0.384. The molecule has 2 amide bonds. The van der Waals surface area contributed by atoms with Gasteiger partial charge in [0.15, 0.2) is 0 Å². The quantitative estimate of drug-likeness (QED) is 0.374. The monoisotopic (exact) mass is 429 g/mol. The third-order valence-electron chi connectivity index (χ3n) is 4.18. The largest absolute Gasteiger partial charge is 0.494 e. The number of methoxy groups -OCH3 is 1. The number of hydrazine groups is 1. The lowest BCUT2D eigenvalue weighted by atomic mass is 10.1. The van der Waals surface area contributed by atoms with E-state index in [2.05, 4.69) is 29.4 Å². The fourth-order valence-corrected chi connectivity index (χ4v) is 2.46. The smallest absolute Gasteiger partial charge is 0.338 e. The molecule has 0 saturated carbocycles. The highest BCUT2D eigenvalue weighted by Crippen LogP contribution is 2.18. The Balaban J connectivity index is 2.02. The lowest BCUT2D eigenvalue weighted by Gasteiger charge is -2.10. The molecule has 164 valence electrons. The predicted molar refractivity (Wildman–Crippen MR) is 111 cm³/mol. The first kappa shape index (κ1) is 23.3. The standard InChI is InChI=1S/C21H23N3O7/c1-13(2)8-9-31-18-6-4-14(5-7-18)19(25)22-23-20(26)15-10-16(21(27)30-3)12-17(11-15)24(28)29/h4-7,10-13H,8-9H2,1-3H3,(H,22,25)(H,23,26). The molecule has 31 heavy (non-hydrogen) atoms. The van der Waals surface area contributed by atoms with Gasteiger partial charge in [0.2, 0.25) is 0 Å². The number of amides is 2. The minimum absolute atomic E-state index is 0.166. The number of ether oxygens (including phenoxy) is 2. The summed E-state index contributed by atoms with van der Waals surface area (Å²) < 4.78 is 10.1. The summed E-state index contributed by atoms with van der Waals surface area (Å²) in [5.74, 6) is -1.13. The molecule has 0 heterocycles. The van der Waals surface area contributed by atoms with Gasteiger partial charge in [-0.1, -0.05) is 13.8 Å². The highest BCUT2D eigenvalue weighted by atomic mass is 16.6. The molecule has 0 saturated heterocycles. The topological polar surface area (TPSA) is 137 Å². The van der Waals surface area contributed by atoms with Crippen LogP contribution in [0.3, 0.4) is 0 Å². The number of nitro groups is 1. The first-order chi connectivity index (χ1) is 14.7. The fourth-order valence-electron chi connectivity index (χ4n) is 2.46. The van der Waals surface area contributed by atoms with Crippen LogP contribution in [-0.2, 0) is 4.74 Å². The second-order valence-corrected chi connectivity index (χ2v) is 6.98. The molecule has 10 heteroatoms. The number of nitrogens with one attached hydrogen (secondary N) is 2. The van der Waals surface area contributed by atoms with Crippen molar-refractivity contribution < 1.29 is 28.8 Å². The number of nitrogens with zero attached hydrogens (tertiary/aromatic N) is 1. The summed E-state index contributed by atoms with van der Waals surface area (Å²) in [7, 11) is 1.11. The average molecular weight is 429 g/mol. The number of rotatable bonds is 8. The zero-order valence-corrected chi connectivity index (χ0v) is 17.3. The Hall–Kier alpha value is -3.95. The summed E-state index contributed by atoms with van der Waals surface area (Å²) >= 11 is 0. The maximum Gasteiger partial charge on any atom is 0.338 e. The molecule has 0 aliphatic rings. The molecular weight excluding hydrogens is 406 g/mol. The Morgan fingerprint density at radius 2 is 1.55 bits per heavy atom. The van der Waals surface area contributed by atoms with Crippen LogP contribution in [0.25, 0.3) is 0 Å². The average Bonchev–Trinajstić information content (AvgIpc) is 2.76. The van der Waals surface area contributed by atoms with E-state index in [9.17, 15) is 24.5 Å². The maximum absolute atomic E-state index is 12.3. The second kappa shape index (κ2) is 10.7. The zero-order chi connectivity index (χ0) is 23.0. The van der Waals surface area contributed by atoms with Crippen LogP contribution < -0.4 is 15.6 Å². The van der Waals surface area contributed by atoms with E-state index in [1.807, 2.05) is 0 Å². The van der Waals surface area contributed by atoms with E-state index in [0.717, 1.165) is 31.7 Å². The van der Waals surface area contributed by atoms with Gasteiger partial charge in [-0.2, -0.15) is 0 Å². The highest BCUT2D eigenvalue weighted by Gasteiger charge is 2.19. The van der Waals surface area contributed by atoms with Crippen LogP contribution in [0.4, 0.5) is 5.69 Å². The normalized spacial score (nSPS) is 10.3. The number of carbonyl (C=O) groups excluding carboxylic acids is 3. The molecule has 0 unspecified atom stereocenters. The van der Waals surface area contributed by atoms with E-state index >= 15 is 0 Å². The van der Waals surface area contributed by atoms with Crippen molar-refractivity contribution in [3.63, 3.8) is 0 Å². The minimum atomic E-state index is -0.837. The Labute approximate surface area is 178 Å². The van der Waals surface area contributed by atoms with E-state index in [4.69, 9.17) is 4.74 Å². The van der Waals surface area contributed by atoms with Crippen LogP contribution in [0, 0.1) is 16.0 Å². The predicted octanol–water partition coefficient (Wildman–Crippen LogP) is 2.88. The van der Waals surface area contributed by atoms with Crippen LogP contribution in [0.1, 0.15) is 51.3 Å². The summed E-state index contributed by atoms with van der Waals surface area (Å²) in [6.45, 7) is 4.75. The molecule has 0 atom stereocenters. The van der Waals surface area contributed by atoms with E-state index in [1.54, 1.807) is 12.1 Å². The molecule has 2 rings (SSSR count). The first-order valence-electron chi connectivity index (χ1n) is 9.42. The number of carbonyl (C=O) groups is 3. The SMILES string of the molecule is COC(=O)c1cc(C(=O)NNC(=O)c2ccc(OCCC(C)C)cc2)cc([N+](=O)[O-])c1. The van der Waals surface area contributed by atoms with Crippen LogP contribution >= 0.6 is 0 Å². The number of esters is 1. The van der Waals surface area contributed by atoms with Gasteiger partial charge < -0.3 is 9.47 Å². The summed E-state index contributed by atoms with van der Waals surface area (Å²) in [6, 6.07) is 9.46. The van der Waals surface area contributed by atoms with Gasteiger partial charge >= 0.3 is 5.97 Å². The van der Waals surface area contributed by atoms with Crippen LogP contribution in [0.15, 0.2) is 42.5 Å². The molecule has 0 spiro atoms. The van der Waals surface area contributed by atoms with Crippen LogP contribution in [-0.4, -0.2) is 36.4 Å². The van der Waals surface area contributed by atoms with E-state index in [-0.39, 0.29) is 16.7 Å². The number of benzene rings is 2. The van der Waals surface area contributed by atoms with Gasteiger partial charge in [0, 0.05) is 23.3 Å². The molecule has 0 aromatic heterocycles. The first-order valence-corrected chi connectivity index (χ1v) is 9.42. The van der Waals surface area contributed by atoms with Crippen molar-refractivity contribution in [3.05, 3.63) is 69.3 Å². The molecule has 2 N–H and O–H groups in total. The Kier molecular flexibility index (Phi) is 8.07. The Morgan fingerprint density at radius 3 is 2.10 bits per heavy atom. The zero-order valence-electron chi connectivity index (χ0n) is 17.3. The molecule has 0 radical (unpaired) electrons. The molecule has 0 aliphatic carbocycles. The maximum atomic E-state index is 12.3. The van der Waals surface area contributed by atoms with Crippen molar-refractivity contribution in [1.29, 1.82) is 0 Å². The summed E-state index contributed by atoms with van der Waals surface area (Å²) in [5.41, 5.74) is 3.83. The second-order valence-electron chi connectivity index (χ2n) is 6.98. The van der Waals surface area contributed by atoms with Gasteiger partial charge in [-0.05, 0) is 42.7 Å². The van der Waals surface area contributed by atoms with Crippen molar-refractivity contribution in [1.82, 2.24) is 10.9 Å². The molecule has 0 fully saturated rings. The summed E-state index contributed by atoms with van der Waals surface area (Å²) in [5, 5.41) is 11.1. The fraction of sp³-hybridized carbons (Fsp3) is 0.286. The number of hydrogen-bond donors (Lipinski definition) is 2. The summed E-state index contributed by atoms with van der Waals surface area (Å²) in [6.07, 6.45) is 0.906. The van der Waals surface area contributed by atoms with Gasteiger partial charge in [-0.25, -0.2) is 4.79 Å². The molecule has 2 aromatic rings. The van der Waals surface area contributed by atoms with Crippen LogP contribution in [0.2, 0.25) is 0 Å². The number of non-ortho nitro benzene ring substituents is 1. The van der Waals surface area contributed by atoms with Crippen LogP contribution in [0.5, 0.6) is 5.75 Å². The lowest BCUT2D eigenvalue weighted by Crippen LogP contribution is -2.41. The Morgan fingerprint density at radius 1 is 0.968 bits per heavy atom. The van der Waals surface area contributed by atoms with E-state index in [0.29, 0.717) is 18.3 Å². The summed E-state index contributed by atoms with van der Waals surface area (Å²) in [4.78, 5) is 46.6.